The number of nitrogens with zero attached hydrogens (tertiary/aromatic N) is 6. The minimum absolute atomic E-state index is 0. The Kier molecular flexibility index (Phi) is 7.58. The molecular formula is C15H18ClN7OS. The van der Waals surface area contributed by atoms with Crippen LogP contribution in [0.25, 0.3) is 0 Å². The summed E-state index contributed by atoms with van der Waals surface area (Å²) in [6.07, 6.45) is 3.30. The van der Waals surface area contributed by atoms with E-state index in [0.717, 1.165) is 35.3 Å². The topological polar surface area (TPSA) is 90.6 Å². The zero-order valence-corrected chi connectivity index (χ0v) is 15.2. The first-order valence-electron chi connectivity index (χ1n) is 7.41. The van der Waals surface area contributed by atoms with Crippen molar-refractivity contribution in [1.29, 1.82) is 0 Å². The Hall–Kier alpha value is -2.23. The van der Waals surface area contributed by atoms with E-state index in [-0.39, 0.29) is 12.4 Å². The SMILES string of the molecule is Cl.Cn1nnnc1SCCNCc1cccc(Oc2ncccn2)c1. The zero-order chi connectivity index (χ0) is 16.6. The Labute approximate surface area is 155 Å². The number of nitrogens with one attached hydrogen (secondary N) is 1. The molecular weight excluding hydrogens is 362 g/mol. The highest BCUT2D eigenvalue weighted by Crippen LogP contribution is 2.18. The first-order chi connectivity index (χ1) is 11.8. The fourth-order valence-electron chi connectivity index (χ4n) is 1.95. The molecule has 0 aliphatic heterocycles. The lowest BCUT2D eigenvalue weighted by Crippen LogP contribution is -2.16. The maximum absolute atomic E-state index is 5.63. The molecule has 2 heterocycles. The van der Waals surface area contributed by atoms with Crippen molar-refractivity contribution in [3.05, 3.63) is 48.3 Å². The summed E-state index contributed by atoms with van der Waals surface area (Å²) in [4.78, 5) is 8.10. The predicted octanol–water partition coefficient (Wildman–Crippen LogP) is 2.10. The number of hydrogen-bond acceptors (Lipinski definition) is 8. The predicted molar refractivity (Wildman–Crippen MR) is 97.0 cm³/mol. The van der Waals surface area contributed by atoms with E-state index in [1.54, 1.807) is 34.9 Å². The van der Waals surface area contributed by atoms with Crippen molar-refractivity contribution in [2.45, 2.75) is 11.7 Å². The molecule has 8 nitrogen and oxygen atoms in total. The molecule has 2 aromatic heterocycles. The lowest BCUT2D eigenvalue weighted by molar-refractivity contribution is 0.441. The zero-order valence-electron chi connectivity index (χ0n) is 13.6. The van der Waals surface area contributed by atoms with Gasteiger partial charge in [0.2, 0.25) is 5.16 Å². The van der Waals surface area contributed by atoms with E-state index in [1.807, 2.05) is 31.3 Å². The van der Waals surface area contributed by atoms with Crippen LogP contribution in [0.15, 0.2) is 47.9 Å². The van der Waals surface area contributed by atoms with Crippen LogP contribution in [-0.2, 0) is 13.6 Å². The average Bonchev–Trinajstić information content (AvgIpc) is 3.01. The minimum atomic E-state index is 0. The Bertz CT molecular complexity index is 771. The summed E-state index contributed by atoms with van der Waals surface area (Å²) in [7, 11) is 1.83. The van der Waals surface area contributed by atoms with Crippen molar-refractivity contribution >= 4 is 24.2 Å². The second-order valence-corrected chi connectivity index (χ2v) is 5.95. The van der Waals surface area contributed by atoms with E-state index >= 15 is 0 Å². The van der Waals surface area contributed by atoms with Gasteiger partial charge in [-0.3, -0.25) is 0 Å². The third kappa shape index (κ3) is 5.96. The molecule has 0 bridgehead atoms. The smallest absolute Gasteiger partial charge is 0.321 e. The second-order valence-electron chi connectivity index (χ2n) is 4.89. The molecule has 10 heteroatoms. The summed E-state index contributed by atoms with van der Waals surface area (Å²) in [5.74, 6) is 1.61. The molecule has 1 N–H and O–H groups in total. The van der Waals surface area contributed by atoms with Gasteiger partial charge in [-0.05, 0) is 34.2 Å². The molecule has 0 aliphatic rings. The Morgan fingerprint density at radius 2 is 2.04 bits per heavy atom. The molecule has 1 aromatic carbocycles. The van der Waals surface area contributed by atoms with Crippen LogP contribution in [0.5, 0.6) is 11.8 Å². The number of benzene rings is 1. The van der Waals surface area contributed by atoms with E-state index in [4.69, 9.17) is 4.74 Å². The molecule has 25 heavy (non-hydrogen) atoms. The van der Waals surface area contributed by atoms with Gasteiger partial charge in [-0.25, -0.2) is 14.6 Å². The van der Waals surface area contributed by atoms with E-state index in [0.29, 0.717) is 6.01 Å². The molecule has 0 atom stereocenters. The van der Waals surface area contributed by atoms with Gasteiger partial charge < -0.3 is 10.1 Å². The summed E-state index contributed by atoms with van der Waals surface area (Å²) in [5, 5.41) is 15.5. The van der Waals surface area contributed by atoms with Gasteiger partial charge in [-0.2, -0.15) is 0 Å². The van der Waals surface area contributed by atoms with Crippen LogP contribution in [0.1, 0.15) is 5.56 Å². The number of thioether (sulfide) groups is 1. The maximum Gasteiger partial charge on any atom is 0.321 e. The average molecular weight is 380 g/mol. The van der Waals surface area contributed by atoms with Gasteiger partial charge in [0, 0.05) is 38.3 Å². The van der Waals surface area contributed by atoms with Crippen molar-refractivity contribution in [1.82, 2.24) is 35.5 Å². The number of halogens is 1. The van der Waals surface area contributed by atoms with Crippen LogP contribution in [0.4, 0.5) is 0 Å². The van der Waals surface area contributed by atoms with Gasteiger partial charge in [0.25, 0.3) is 0 Å². The number of aryl methyl sites for hydroxylation is 1. The highest BCUT2D eigenvalue weighted by atomic mass is 35.5. The Balaban J connectivity index is 0.00000225. The van der Waals surface area contributed by atoms with E-state index < -0.39 is 0 Å². The molecule has 0 radical (unpaired) electrons. The fraction of sp³-hybridized carbons (Fsp3) is 0.267. The quantitative estimate of drug-likeness (QED) is 0.470. The Morgan fingerprint density at radius 1 is 1.20 bits per heavy atom. The summed E-state index contributed by atoms with van der Waals surface area (Å²) < 4.78 is 7.29. The highest BCUT2D eigenvalue weighted by Gasteiger charge is 2.03. The first-order valence-corrected chi connectivity index (χ1v) is 8.39. The van der Waals surface area contributed by atoms with E-state index in [1.165, 1.54) is 0 Å². The lowest BCUT2D eigenvalue weighted by atomic mass is 10.2. The monoisotopic (exact) mass is 379 g/mol. The number of hydrogen-bond donors (Lipinski definition) is 1. The molecule has 0 saturated heterocycles. The van der Waals surface area contributed by atoms with Gasteiger partial charge in [0.15, 0.2) is 0 Å². The minimum Gasteiger partial charge on any atom is -0.424 e. The molecule has 0 amide bonds. The standard InChI is InChI=1S/C15H17N7OS.ClH/c1-22-15(19-20-21-22)24-9-8-16-11-12-4-2-5-13(10-12)23-14-17-6-3-7-18-14;/h2-7,10,16H,8-9,11H2,1H3;1H. The van der Waals surface area contributed by atoms with Crippen molar-refractivity contribution in [3.63, 3.8) is 0 Å². The number of ether oxygens (including phenoxy) is 1. The van der Waals surface area contributed by atoms with Crippen LogP contribution in [-0.4, -0.2) is 42.5 Å². The summed E-state index contributed by atoms with van der Waals surface area (Å²) >= 11 is 1.62. The van der Waals surface area contributed by atoms with Crippen LogP contribution in [0.3, 0.4) is 0 Å². The van der Waals surface area contributed by atoms with Crippen molar-refractivity contribution in [2.75, 3.05) is 12.3 Å². The van der Waals surface area contributed by atoms with Crippen molar-refractivity contribution in [2.24, 2.45) is 7.05 Å². The van der Waals surface area contributed by atoms with Gasteiger partial charge in [0.1, 0.15) is 5.75 Å². The number of aromatic nitrogens is 6. The van der Waals surface area contributed by atoms with Crippen molar-refractivity contribution < 1.29 is 4.74 Å². The van der Waals surface area contributed by atoms with Crippen molar-refractivity contribution in [3.8, 4) is 11.8 Å². The lowest BCUT2D eigenvalue weighted by Gasteiger charge is -2.07. The van der Waals surface area contributed by atoms with E-state index in [9.17, 15) is 0 Å². The van der Waals surface area contributed by atoms with Gasteiger partial charge in [-0.1, -0.05) is 23.9 Å². The van der Waals surface area contributed by atoms with Gasteiger partial charge in [0.05, 0.1) is 0 Å². The van der Waals surface area contributed by atoms with Crippen LogP contribution < -0.4 is 10.1 Å². The third-order valence-electron chi connectivity index (χ3n) is 3.07. The number of rotatable bonds is 8. The summed E-state index contributed by atoms with van der Waals surface area (Å²) in [6, 6.07) is 9.96. The molecule has 3 rings (SSSR count). The summed E-state index contributed by atoms with van der Waals surface area (Å²) in [6.45, 7) is 1.61. The first kappa shape index (κ1) is 19.1. The third-order valence-corrected chi connectivity index (χ3v) is 4.08. The molecule has 0 spiro atoms. The van der Waals surface area contributed by atoms with Crippen LogP contribution in [0, 0.1) is 0 Å². The Morgan fingerprint density at radius 3 is 2.80 bits per heavy atom. The second kappa shape index (κ2) is 9.92. The fourth-order valence-corrected chi connectivity index (χ4v) is 2.70. The normalized spacial score (nSPS) is 10.3. The molecule has 0 aliphatic carbocycles. The van der Waals surface area contributed by atoms with Crippen LogP contribution in [0.2, 0.25) is 0 Å². The number of tetrazole rings is 1. The molecule has 0 unspecified atom stereocenters. The largest absolute Gasteiger partial charge is 0.424 e. The van der Waals surface area contributed by atoms with Gasteiger partial charge >= 0.3 is 6.01 Å². The summed E-state index contributed by atoms with van der Waals surface area (Å²) in [5.41, 5.74) is 1.13. The van der Waals surface area contributed by atoms with Gasteiger partial charge in [-0.15, -0.1) is 17.5 Å². The maximum atomic E-state index is 5.63. The highest BCUT2D eigenvalue weighted by molar-refractivity contribution is 7.99. The molecule has 0 fully saturated rings. The molecule has 132 valence electrons. The molecule has 3 aromatic rings. The van der Waals surface area contributed by atoms with Crippen LogP contribution >= 0.6 is 24.2 Å². The van der Waals surface area contributed by atoms with E-state index in [2.05, 4.69) is 30.8 Å². The molecule has 0 saturated carbocycles.